The molecule has 10 heteroatoms. The van der Waals surface area contributed by atoms with E-state index in [4.69, 9.17) is 16.2 Å². The minimum absolute atomic E-state index is 0.248. The van der Waals surface area contributed by atoms with E-state index in [2.05, 4.69) is 9.97 Å². The Bertz CT molecular complexity index is 1080. The van der Waals surface area contributed by atoms with Crippen molar-refractivity contribution in [3.05, 3.63) is 29.1 Å². The number of rotatable bonds is 6. The Morgan fingerprint density at radius 1 is 1.24 bits per heavy atom. The van der Waals surface area contributed by atoms with Crippen molar-refractivity contribution in [2.75, 3.05) is 25.1 Å². The van der Waals surface area contributed by atoms with Crippen molar-refractivity contribution in [1.82, 2.24) is 14.9 Å². The molecule has 2 heterocycles. The van der Waals surface area contributed by atoms with E-state index in [9.17, 15) is 9.59 Å². The fourth-order valence-corrected chi connectivity index (χ4v) is 4.21. The maximum absolute atomic E-state index is 12.3. The summed E-state index contributed by atoms with van der Waals surface area (Å²) in [5.41, 5.74) is 13.1. The molecule has 3 aromatic rings. The summed E-state index contributed by atoms with van der Waals surface area (Å²) in [7, 11) is 0. The van der Waals surface area contributed by atoms with Crippen LogP contribution in [-0.2, 0) is 0 Å². The lowest BCUT2D eigenvalue weighted by Gasteiger charge is -2.18. The number of nitrogens with two attached hydrogens (primary N) is 2. The fraction of sp³-hybridized carbons (Fsp3) is 0.263. The highest BCUT2D eigenvalue weighted by Crippen LogP contribution is 2.39. The molecule has 0 unspecified atom stereocenters. The number of aromatic nitrogens is 2. The van der Waals surface area contributed by atoms with E-state index in [1.807, 2.05) is 26.2 Å². The lowest BCUT2D eigenvalue weighted by Crippen LogP contribution is -2.33. The predicted octanol–water partition coefficient (Wildman–Crippen LogP) is 3.60. The molecule has 29 heavy (non-hydrogen) atoms. The second kappa shape index (κ2) is 8.66. The molecule has 0 spiro atoms. The standard InChI is InChI=1S/C19H21N5O3S2/c1-4-24(5-2)19(26)27-11-8-6-7-10(9-11)14-12-13(20)15(16(21)25)29-17(12)23-18(22-14)28-3/h6-9H,4-5,20H2,1-3H3,(H2,21,25). The number of nitrogens with zero attached hydrogens (tertiary/aromatic N) is 3. The van der Waals surface area contributed by atoms with Gasteiger partial charge in [-0.15, -0.1) is 11.3 Å². The minimum Gasteiger partial charge on any atom is -0.410 e. The van der Waals surface area contributed by atoms with Crippen LogP contribution in [0, 0.1) is 0 Å². The summed E-state index contributed by atoms with van der Waals surface area (Å²) < 4.78 is 5.50. The van der Waals surface area contributed by atoms with Gasteiger partial charge in [-0.2, -0.15) is 0 Å². The van der Waals surface area contributed by atoms with Gasteiger partial charge in [0.2, 0.25) is 0 Å². The number of hydrogen-bond donors (Lipinski definition) is 2. The lowest BCUT2D eigenvalue weighted by molar-refractivity contribution is 0.100. The van der Waals surface area contributed by atoms with Crippen molar-refractivity contribution in [2.45, 2.75) is 19.0 Å². The Morgan fingerprint density at radius 3 is 2.59 bits per heavy atom. The molecular weight excluding hydrogens is 410 g/mol. The quantitative estimate of drug-likeness (QED) is 0.451. The summed E-state index contributed by atoms with van der Waals surface area (Å²) >= 11 is 2.52. The first-order chi connectivity index (χ1) is 13.9. The first kappa shape index (κ1) is 20.9. The maximum Gasteiger partial charge on any atom is 0.415 e. The molecule has 2 amide bonds. The average molecular weight is 432 g/mol. The molecule has 4 N–H and O–H groups in total. The first-order valence-corrected chi connectivity index (χ1v) is 10.9. The number of benzene rings is 1. The number of carbonyl (C=O) groups is 2. The Kier molecular flexibility index (Phi) is 6.23. The van der Waals surface area contributed by atoms with Crippen LogP contribution >= 0.6 is 23.1 Å². The van der Waals surface area contributed by atoms with Crippen molar-refractivity contribution in [1.29, 1.82) is 0 Å². The van der Waals surface area contributed by atoms with Crippen LogP contribution in [0.15, 0.2) is 29.4 Å². The molecule has 152 valence electrons. The third-order valence-corrected chi connectivity index (χ3v) is 5.97. The normalized spacial score (nSPS) is 10.9. The summed E-state index contributed by atoms with van der Waals surface area (Å²) in [5, 5.41) is 1.10. The fourth-order valence-electron chi connectivity index (χ4n) is 2.84. The van der Waals surface area contributed by atoms with Gasteiger partial charge in [0.25, 0.3) is 5.91 Å². The Balaban J connectivity index is 2.11. The zero-order valence-electron chi connectivity index (χ0n) is 16.3. The minimum atomic E-state index is -0.607. The van der Waals surface area contributed by atoms with Crippen LogP contribution in [-0.4, -0.2) is 46.2 Å². The van der Waals surface area contributed by atoms with E-state index in [0.717, 1.165) is 11.3 Å². The largest absolute Gasteiger partial charge is 0.415 e. The molecule has 0 fully saturated rings. The summed E-state index contributed by atoms with van der Waals surface area (Å²) in [6.07, 6.45) is 1.44. The van der Waals surface area contributed by atoms with Crippen molar-refractivity contribution in [3.63, 3.8) is 0 Å². The lowest BCUT2D eigenvalue weighted by atomic mass is 10.1. The molecule has 1 aromatic carbocycles. The van der Waals surface area contributed by atoms with E-state index < -0.39 is 12.0 Å². The number of thiophene rings is 1. The molecule has 2 aromatic heterocycles. The van der Waals surface area contributed by atoms with Gasteiger partial charge in [0.15, 0.2) is 5.16 Å². The van der Waals surface area contributed by atoms with Gasteiger partial charge in [0.1, 0.15) is 15.5 Å². The molecule has 0 saturated carbocycles. The molecule has 0 radical (unpaired) electrons. The Morgan fingerprint density at radius 2 is 1.97 bits per heavy atom. The molecular formula is C19H21N5O3S2. The van der Waals surface area contributed by atoms with Gasteiger partial charge < -0.3 is 21.1 Å². The van der Waals surface area contributed by atoms with Crippen molar-refractivity contribution in [2.24, 2.45) is 5.73 Å². The van der Waals surface area contributed by atoms with Crippen molar-refractivity contribution < 1.29 is 14.3 Å². The van der Waals surface area contributed by atoms with Crippen LogP contribution < -0.4 is 16.2 Å². The number of primary amides is 1. The van der Waals surface area contributed by atoms with Gasteiger partial charge in [-0.3, -0.25) is 4.79 Å². The predicted molar refractivity (Wildman–Crippen MR) is 117 cm³/mol. The van der Waals surface area contributed by atoms with Crippen molar-refractivity contribution in [3.8, 4) is 17.0 Å². The first-order valence-electron chi connectivity index (χ1n) is 8.90. The molecule has 0 aliphatic carbocycles. The second-order valence-electron chi connectivity index (χ2n) is 6.02. The van der Waals surface area contributed by atoms with Crippen LogP contribution in [0.4, 0.5) is 10.5 Å². The third kappa shape index (κ3) is 4.13. The van der Waals surface area contributed by atoms with E-state index in [1.54, 1.807) is 23.1 Å². The molecule has 3 rings (SSSR count). The van der Waals surface area contributed by atoms with Crippen LogP contribution in [0.3, 0.4) is 0 Å². The zero-order chi connectivity index (χ0) is 21.1. The average Bonchev–Trinajstić information content (AvgIpc) is 3.05. The molecule has 0 saturated heterocycles. The van der Waals surface area contributed by atoms with Gasteiger partial charge >= 0.3 is 6.09 Å². The van der Waals surface area contributed by atoms with Gasteiger partial charge in [0.05, 0.1) is 16.8 Å². The number of carbonyl (C=O) groups excluding carboxylic acids is 2. The van der Waals surface area contributed by atoms with E-state index in [1.165, 1.54) is 11.8 Å². The monoisotopic (exact) mass is 431 g/mol. The number of nitrogen functional groups attached to an aromatic ring is 1. The maximum atomic E-state index is 12.3. The van der Waals surface area contributed by atoms with Crippen LogP contribution in [0.5, 0.6) is 5.75 Å². The van der Waals surface area contributed by atoms with Crippen LogP contribution in [0.2, 0.25) is 0 Å². The van der Waals surface area contributed by atoms with Crippen LogP contribution in [0.1, 0.15) is 23.5 Å². The number of hydrogen-bond acceptors (Lipinski definition) is 8. The summed E-state index contributed by atoms with van der Waals surface area (Å²) in [5.74, 6) is -0.218. The summed E-state index contributed by atoms with van der Waals surface area (Å²) in [4.78, 5) is 35.4. The number of anilines is 1. The number of amides is 2. The van der Waals surface area contributed by atoms with E-state index >= 15 is 0 Å². The molecule has 0 aliphatic heterocycles. The third-order valence-electron chi connectivity index (χ3n) is 4.31. The summed E-state index contributed by atoms with van der Waals surface area (Å²) in [6, 6.07) is 7.02. The van der Waals surface area contributed by atoms with Gasteiger partial charge in [-0.1, -0.05) is 23.9 Å². The number of thioether (sulfide) groups is 1. The Labute approximate surface area is 176 Å². The zero-order valence-corrected chi connectivity index (χ0v) is 17.9. The highest BCUT2D eigenvalue weighted by molar-refractivity contribution is 7.98. The molecule has 0 bridgehead atoms. The van der Waals surface area contributed by atoms with Crippen LogP contribution in [0.25, 0.3) is 21.5 Å². The highest BCUT2D eigenvalue weighted by atomic mass is 32.2. The number of fused-ring (bicyclic) bond motifs is 1. The van der Waals surface area contributed by atoms with E-state index in [0.29, 0.717) is 45.5 Å². The summed E-state index contributed by atoms with van der Waals surface area (Å²) in [6.45, 7) is 4.89. The Hall–Kier alpha value is -2.85. The molecule has 0 atom stereocenters. The van der Waals surface area contributed by atoms with Gasteiger partial charge in [-0.25, -0.2) is 14.8 Å². The van der Waals surface area contributed by atoms with E-state index in [-0.39, 0.29) is 10.6 Å². The second-order valence-corrected chi connectivity index (χ2v) is 7.79. The SMILES string of the molecule is CCN(CC)C(=O)Oc1cccc(-c2nc(SC)nc3sc(C(N)=O)c(N)c23)c1. The molecule has 8 nitrogen and oxygen atoms in total. The topological polar surface area (TPSA) is 124 Å². The highest BCUT2D eigenvalue weighted by Gasteiger charge is 2.21. The smallest absolute Gasteiger partial charge is 0.410 e. The van der Waals surface area contributed by atoms with Gasteiger partial charge in [0, 0.05) is 18.7 Å². The van der Waals surface area contributed by atoms with Gasteiger partial charge in [-0.05, 0) is 32.2 Å². The van der Waals surface area contributed by atoms with Crippen molar-refractivity contribution >= 4 is 51.0 Å². The molecule has 0 aliphatic rings. The number of ether oxygens (including phenoxy) is 1.